The first-order valence-electron chi connectivity index (χ1n) is 9.15. The van der Waals surface area contributed by atoms with E-state index in [4.69, 9.17) is 11.6 Å². The van der Waals surface area contributed by atoms with Gasteiger partial charge < -0.3 is 10.2 Å². The summed E-state index contributed by atoms with van der Waals surface area (Å²) in [5.74, 6) is -0.972. The van der Waals surface area contributed by atoms with Crippen LogP contribution >= 0.6 is 11.6 Å². The maximum absolute atomic E-state index is 13.5. The van der Waals surface area contributed by atoms with Crippen molar-refractivity contribution in [2.75, 3.05) is 11.9 Å². The first-order valence-corrected chi connectivity index (χ1v) is 9.52. The third-order valence-electron chi connectivity index (χ3n) is 4.95. The molecular formula is C23H18ClFN2O2. The fourth-order valence-corrected chi connectivity index (χ4v) is 3.71. The maximum atomic E-state index is 13.5. The van der Waals surface area contributed by atoms with E-state index in [0.717, 1.165) is 5.56 Å². The highest BCUT2D eigenvalue weighted by Crippen LogP contribution is 2.38. The highest BCUT2D eigenvalue weighted by molar-refractivity contribution is 6.30. The molecule has 0 fully saturated rings. The van der Waals surface area contributed by atoms with Gasteiger partial charge in [0.1, 0.15) is 12.4 Å². The molecule has 146 valence electrons. The molecule has 0 radical (unpaired) electrons. The predicted molar refractivity (Wildman–Crippen MR) is 111 cm³/mol. The van der Waals surface area contributed by atoms with Gasteiger partial charge in [-0.25, -0.2) is 4.39 Å². The van der Waals surface area contributed by atoms with E-state index in [1.807, 2.05) is 19.1 Å². The SMILES string of the molecule is Cc1ccc(C(=O)N2CC(=O)Nc3ccc(Cl)cc3[C@@H]2c2ccc(F)cc2)cc1. The van der Waals surface area contributed by atoms with E-state index < -0.39 is 6.04 Å². The molecule has 1 N–H and O–H groups in total. The second kappa shape index (κ2) is 7.68. The summed E-state index contributed by atoms with van der Waals surface area (Å²) in [4.78, 5) is 27.5. The van der Waals surface area contributed by atoms with E-state index in [2.05, 4.69) is 5.32 Å². The van der Waals surface area contributed by atoms with E-state index in [1.165, 1.54) is 17.0 Å². The van der Waals surface area contributed by atoms with Gasteiger partial charge in [-0.1, -0.05) is 41.4 Å². The third kappa shape index (κ3) is 3.87. The van der Waals surface area contributed by atoms with Gasteiger partial charge >= 0.3 is 0 Å². The number of fused-ring (bicyclic) bond motifs is 1. The second-order valence-electron chi connectivity index (χ2n) is 7.03. The van der Waals surface area contributed by atoms with Gasteiger partial charge in [-0.2, -0.15) is 0 Å². The Bertz CT molecular complexity index is 1080. The summed E-state index contributed by atoms with van der Waals surface area (Å²) in [6.45, 7) is 1.80. The van der Waals surface area contributed by atoms with Crippen molar-refractivity contribution in [3.63, 3.8) is 0 Å². The monoisotopic (exact) mass is 408 g/mol. The Kier molecular flexibility index (Phi) is 5.07. The number of halogens is 2. The van der Waals surface area contributed by atoms with Crippen LogP contribution in [0.1, 0.15) is 33.1 Å². The van der Waals surface area contributed by atoms with Crippen molar-refractivity contribution in [1.29, 1.82) is 0 Å². The molecule has 1 aliphatic rings. The van der Waals surface area contributed by atoms with Gasteiger partial charge in [0.2, 0.25) is 5.91 Å². The summed E-state index contributed by atoms with van der Waals surface area (Å²) in [5, 5.41) is 3.32. The smallest absolute Gasteiger partial charge is 0.255 e. The van der Waals surface area contributed by atoms with Crippen LogP contribution in [0.5, 0.6) is 0 Å². The molecule has 1 heterocycles. The molecule has 3 aromatic carbocycles. The van der Waals surface area contributed by atoms with Crippen molar-refractivity contribution >= 4 is 29.1 Å². The van der Waals surface area contributed by atoms with Crippen molar-refractivity contribution in [1.82, 2.24) is 4.90 Å². The number of nitrogens with zero attached hydrogens (tertiary/aromatic N) is 1. The van der Waals surface area contributed by atoms with Crippen molar-refractivity contribution in [2.45, 2.75) is 13.0 Å². The molecule has 4 rings (SSSR count). The fraction of sp³-hybridized carbons (Fsp3) is 0.130. The minimum Gasteiger partial charge on any atom is -0.324 e. The van der Waals surface area contributed by atoms with E-state index in [1.54, 1.807) is 42.5 Å². The Balaban J connectivity index is 1.88. The topological polar surface area (TPSA) is 49.4 Å². The van der Waals surface area contributed by atoms with Gasteiger partial charge in [0.05, 0.1) is 6.04 Å². The molecule has 29 heavy (non-hydrogen) atoms. The van der Waals surface area contributed by atoms with Gasteiger partial charge in [-0.15, -0.1) is 0 Å². The molecular weight excluding hydrogens is 391 g/mol. The summed E-state index contributed by atoms with van der Waals surface area (Å²) in [7, 11) is 0. The molecule has 0 unspecified atom stereocenters. The van der Waals surface area contributed by atoms with E-state index in [-0.39, 0.29) is 24.2 Å². The van der Waals surface area contributed by atoms with E-state index >= 15 is 0 Å². The molecule has 2 amide bonds. The average molecular weight is 409 g/mol. The molecule has 4 nitrogen and oxygen atoms in total. The summed E-state index contributed by atoms with van der Waals surface area (Å²) < 4.78 is 13.5. The van der Waals surface area contributed by atoms with Crippen LogP contribution < -0.4 is 5.32 Å². The lowest BCUT2D eigenvalue weighted by Gasteiger charge is -2.30. The van der Waals surface area contributed by atoms with Crippen molar-refractivity contribution in [3.05, 3.63) is 99.8 Å². The highest BCUT2D eigenvalue weighted by atomic mass is 35.5. The Labute approximate surface area is 172 Å². The molecule has 6 heteroatoms. The minimum atomic E-state index is -0.600. The average Bonchev–Trinajstić information content (AvgIpc) is 2.84. The van der Waals surface area contributed by atoms with Crippen LogP contribution in [0.4, 0.5) is 10.1 Å². The van der Waals surface area contributed by atoms with Crippen LogP contribution in [0.25, 0.3) is 0 Å². The van der Waals surface area contributed by atoms with Gasteiger partial charge in [0.15, 0.2) is 0 Å². The zero-order chi connectivity index (χ0) is 20.5. The molecule has 0 saturated heterocycles. The molecule has 0 saturated carbocycles. The Morgan fingerprint density at radius 3 is 2.45 bits per heavy atom. The molecule has 0 aromatic heterocycles. The number of aryl methyl sites for hydroxylation is 1. The van der Waals surface area contributed by atoms with Gasteiger partial charge in [-0.3, -0.25) is 9.59 Å². The molecule has 1 atom stereocenters. The number of carbonyl (C=O) groups is 2. The van der Waals surface area contributed by atoms with E-state index in [9.17, 15) is 14.0 Å². The number of benzene rings is 3. The molecule has 1 aliphatic heterocycles. The van der Waals surface area contributed by atoms with Crippen LogP contribution in [0.2, 0.25) is 5.02 Å². The third-order valence-corrected chi connectivity index (χ3v) is 5.19. The van der Waals surface area contributed by atoms with Crippen LogP contribution in [-0.2, 0) is 4.79 Å². The lowest BCUT2D eigenvalue weighted by molar-refractivity contribution is -0.117. The van der Waals surface area contributed by atoms with Gasteiger partial charge in [-0.05, 0) is 55.0 Å². The van der Waals surface area contributed by atoms with Crippen molar-refractivity contribution < 1.29 is 14.0 Å². The zero-order valence-corrected chi connectivity index (χ0v) is 16.4. The highest BCUT2D eigenvalue weighted by Gasteiger charge is 2.34. The van der Waals surface area contributed by atoms with Crippen molar-refractivity contribution in [3.8, 4) is 0 Å². The summed E-state index contributed by atoms with van der Waals surface area (Å²) >= 11 is 6.23. The quantitative estimate of drug-likeness (QED) is 0.650. The number of rotatable bonds is 2. The number of nitrogens with one attached hydrogen (secondary N) is 1. The van der Waals surface area contributed by atoms with Crippen molar-refractivity contribution in [2.24, 2.45) is 0 Å². The van der Waals surface area contributed by atoms with Gasteiger partial charge in [0, 0.05) is 21.8 Å². The minimum absolute atomic E-state index is 0.138. The zero-order valence-electron chi connectivity index (χ0n) is 15.7. The number of anilines is 1. The number of hydrogen-bond donors (Lipinski definition) is 1. The van der Waals surface area contributed by atoms with E-state index in [0.29, 0.717) is 27.4 Å². The first-order chi connectivity index (χ1) is 13.9. The van der Waals surface area contributed by atoms with Crippen LogP contribution in [0.3, 0.4) is 0 Å². The van der Waals surface area contributed by atoms with Crippen LogP contribution in [0, 0.1) is 12.7 Å². The lowest BCUT2D eigenvalue weighted by atomic mass is 9.95. The Morgan fingerprint density at radius 1 is 1.07 bits per heavy atom. The molecule has 0 spiro atoms. The normalized spacial score (nSPS) is 16.0. The number of amides is 2. The maximum Gasteiger partial charge on any atom is 0.255 e. The Morgan fingerprint density at radius 2 is 1.76 bits per heavy atom. The largest absolute Gasteiger partial charge is 0.324 e. The summed E-state index contributed by atoms with van der Waals surface area (Å²) in [5.41, 5.74) is 3.44. The molecule has 3 aromatic rings. The summed E-state index contributed by atoms with van der Waals surface area (Å²) in [6.07, 6.45) is 0. The Hall–Kier alpha value is -3.18. The van der Waals surface area contributed by atoms with Crippen LogP contribution in [0.15, 0.2) is 66.7 Å². The lowest BCUT2D eigenvalue weighted by Crippen LogP contribution is -2.39. The number of hydrogen-bond acceptors (Lipinski definition) is 2. The molecule has 0 aliphatic carbocycles. The summed E-state index contributed by atoms with van der Waals surface area (Å²) in [6, 6.07) is 17.6. The fourth-order valence-electron chi connectivity index (χ4n) is 3.53. The standard InChI is InChI=1S/C23H18ClFN2O2/c1-14-2-4-16(5-3-14)23(29)27-13-21(28)26-20-11-8-17(24)12-19(20)22(27)15-6-9-18(25)10-7-15/h2-12,22H,13H2,1H3,(H,26,28)/t22-/m0/s1. The molecule has 0 bridgehead atoms. The predicted octanol–water partition coefficient (Wildman–Crippen LogP) is 4.97. The number of carbonyl (C=O) groups excluding carboxylic acids is 2. The van der Waals surface area contributed by atoms with Crippen LogP contribution in [-0.4, -0.2) is 23.3 Å². The van der Waals surface area contributed by atoms with Gasteiger partial charge in [0.25, 0.3) is 5.91 Å². The second-order valence-corrected chi connectivity index (χ2v) is 7.47. The first kappa shape index (κ1) is 19.2.